The molecule has 0 aliphatic rings. The third-order valence-electron chi connectivity index (χ3n) is 2.07. The van der Waals surface area contributed by atoms with Crippen LogP contribution in [0, 0.1) is 0 Å². The van der Waals surface area contributed by atoms with Crippen LogP contribution in [0.15, 0.2) is 12.3 Å². The van der Waals surface area contributed by atoms with E-state index in [1.54, 1.807) is 4.90 Å². The second-order valence-electron chi connectivity index (χ2n) is 3.26. The zero-order valence-electron chi connectivity index (χ0n) is 10.6. The number of amides is 1. The van der Waals surface area contributed by atoms with Gasteiger partial charge in [0.1, 0.15) is 0 Å². The van der Waals surface area contributed by atoms with Crippen LogP contribution in [0.5, 0.6) is 0 Å². The lowest BCUT2D eigenvalue weighted by Crippen LogP contribution is -3.11. The van der Waals surface area contributed by atoms with Crippen LogP contribution in [-0.2, 0) is 9.59 Å². The minimum absolute atomic E-state index is 0.414. The van der Waals surface area contributed by atoms with Gasteiger partial charge in [0.05, 0.1) is 31.3 Å². The first-order chi connectivity index (χ1) is 7.38. The number of hydrogen-bond acceptors (Lipinski definition) is 3. The average molecular weight is 230 g/mol. The zero-order valence-corrected chi connectivity index (χ0v) is 10.6. The first-order valence-electron chi connectivity index (χ1n) is 5.40. The lowest BCUT2D eigenvalue weighted by atomic mass is 10.5. The number of carboxylic acid groups (broad SMARTS) is 1. The maximum absolute atomic E-state index is 10.1. The molecule has 0 aromatic carbocycles. The smallest absolute Gasteiger partial charge is 0.221 e. The van der Waals surface area contributed by atoms with Crippen molar-refractivity contribution in [2.24, 2.45) is 0 Å². The van der Waals surface area contributed by atoms with Crippen molar-refractivity contribution in [3.05, 3.63) is 12.3 Å². The molecule has 2 N–H and O–H groups in total. The van der Waals surface area contributed by atoms with Gasteiger partial charge in [-0.3, -0.25) is 4.79 Å². The fourth-order valence-corrected chi connectivity index (χ4v) is 1.01. The second kappa shape index (κ2) is 10.2. The Labute approximate surface area is 97.1 Å². The molecule has 5 nitrogen and oxygen atoms in total. The van der Waals surface area contributed by atoms with E-state index in [9.17, 15) is 14.7 Å². The van der Waals surface area contributed by atoms with E-state index in [2.05, 4.69) is 27.4 Å². The van der Waals surface area contributed by atoms with Crippen LogP contribution in [0.3, 0.4) is 0 Å². The van der Waals surface area contributed by atoms with Gasteiger partial charge in [0.15, 0.2) is 0 Å². The van der Waals surface area contributed by atoms with Gasteiger partial charge in [-0.25, -0.2) is 0 Å². The molecule has 1 amide bonds. The number of carboxylic acids is 1. The molecule has 0 heterocycles. The Bertz CT molecular complexity index is 230. The van der Waals surface area contributed by atoms with E-state index in [0.29, 0.717) is 0 Å². The van der Waals surface area contributed by atoms with Crippen molar-refractivity contribution in [1.82, 2.24) is 5.32 Å². The number of hydrogen-bond donors (Lipinski definition) is 2. The van der Waals surface area contributed by atoms with E-state index in [1.807, 2.05) is 5.32 Å². The lowest BCUT2D eigenvalue weighted by Gasteiger charge is -2.10. The molecule has 16 heavy (non-hydrogen) atoms. The number of carbonyl (C=O) groups is 2. The third-order valence-corrected chi connectivity index (χ3v) is 2.07. The van der Waals surface area contributed by atoms with Crippen molar-refractivity contribution in [3.63, 3.8) is 0 Å². The van der Waals surface area contributed by atoms with Gasteiger partial charge in [-0.05, 0) is 20.8 Å². The van der Waals surface area contributed by atoms with Gasteiger partial charge in [0, 0.05) is 6.92 Å². The summed E-state index contributed by atoms with van der Waals surface area (Å²) in [5, 5.41) is 11.8. The molecule has 0 rings (SSSR count). The molecule has 0 unspecified atom stereocenters. The Hall–Kier alpha value is -1.36. The summed E-state index contributed by atoms with van der Waals surface area (Å²) in [6, 6.07) is 0. The van der Waals surface area contributed by atoms with Crippen LogP contribution < -0.4 is 15.3 Å². The van der Waals surface area contributed by atoms with Crippen LogP contribution in [0.25, 0.3) is 0 Å². The summed E-state index contributed by atoms with van der Waals surface area (Å²) in [7, 11) is 0. The number of aliphatic carboxylic acids is 1. The highest BCUT2D eigenvalue weighted by molar-refractivity contribution is 5.89. The van der Waals surface area contributed by atoms with Crippen molar-refractivity contribution < 1.29 is 19.6 Å². The fraction of sp³-hybridized carbons (Fsp3) is 0.636. The lowest BCUT2D eigenvalue weighted by molar-refractivity contribution is -0.894. The van der Waals surface area contributed by atoms with E-state index in [0.717, 1.165) is 0 Å². The number of quaternary nitrogens is 1. The molecule has 0 fully saturated rings. The van der Waals surface area contributed by atoms with Gasteiger partial charge in [0.2, 0.25) is 5.91 Å². The molecule has 0 bridgehead atoms. The minimum Gasteiger partial charge on any atom is -0.543 e. The van der Waals surface area contributed by atoms with Gasteiger partial charge in [0.25, 0.3) is 0 Å². The summed E-state index contributed by atoms with van der Waals surface area (Å²) < 4.78 is 0. The molecule has 94 valence electrons. The zero-order chi connectivity index (χ0) is 13.1. The standard InChI is InChI=1S/C6H15N.C5H7NO3/c1-4-7(5-2)6-3;1-3(5(8)9)6-4(2)7/h4-6H2,1-3H3;1H2,2H3,(H,6,7)(H,8,9). The second-order valence-corrected chi connectivity index (χ2v) is 3.26. The summed E-state index contributed by atoms with van der Waals surface area (Å²) in [5.74, 6) is -1.94. The van der Waals surface area contributed by atoms with Gasteiger partial charge in [-0.2, -0.15) is 0 Å². The average Bonchev–Trinajstić information content (AvgIpc) is 2.20. The van der Waals surface area contributed by atoms with Crippen molar-refractivity contribution >= 4 is 11.9 Å². The molecule has 0 radical (unpaired) electrons. The van der Waals surface area contributed by atoms with E-state index in [1.165, 1.54) is 26.6 Å². The van der Waals surface area contributed by atoms with Crippen molar-refractivity contribution in [2.45, 2.75) is 27.7 Å². The third kappa shape index (κ3) is 10.7. The Morgan fingerprint density at radius 2 is 1.56 bits per heavy atom. The summed E-state index contributed by atoms with van der Waals surface area (Å²) >= 11 is 0. The molecule has 0 aliphatic heterocycles. The molecule has 0 aromatic heterocycles. The summed E-state index contributed by atoms with van der Waals surface area (Å²) in [5.41, 5.74) is -0.414. The van der Waals surface area contributed by atoms with E-state index in [-0.39, 0.29) is 0 Å². The predicted molar refractivity (Wildman–Crippen MR) is 60.5 cm³/mol. The van der Waals surface area contributed by atoms with E-state index < -0.39 is 17.6 Å². The Kier molecular flexibility index (Phi) is 10.8. The molecule has 0 aromatic rings. The minimum atomic E-state index is -1.47. The van der Waals surface area contributed by atoms with Gasteiger partial charge in [-0.1, -0.05) is 6.58 Å². The van der Waals surface area contributed by atoms with Gasteiger partial charge >= 0.3 is 0 Å². The van der Waals surface area contributed by atoms with Crippen molar-refractivity contribution in [1.29, 1.82) is 0 Å². The van der Waals surface area contributed by atoms with Crippen LogP contribution in [0.2, 0.25) is 0 Å². The van der Waals surface area contributed by atoms with Crippen molar-refractivity contribution in [3.8, 4) is 0 Å². The SMILES string of the molecule is C=C(NC(C)=O)C(=O)[O-].CC[NH+](CC)CC. The van der Waals surface area contributed by atoms with Gasteiger partial charge in [-0.15, -0.1) is 0 Å². The van der Waals surface area contributed by atoms with Crippen LogP contribution in [-0.4, -0.2) is 31.5 Å². The highest BCUT2D eigenvalue weighted by atomic mass is 16.4. The summed E-state index contributed by atoms with van der Waals surface area (Å²) in [6.45, 7) is 14.7. The van der Waals surface area contributed by atoms with Crippen LogP contribution in [0.1, 0.15) is 27.7 Å². The number of carbonyl (C=O) groups excluding carboxylic acids is 2. The summed E-state index contributed by atoms with van der Waals surface area (Å²) in [6.07, 6.45) is 0. The molecular weight excluding hydrogens is 208 g/mol. The highest BCUT2D eigenvalue weighted by Crippen LogP contribution is 1.77. The number of rotatable bonds is 5. The highest BCUT2D eigenvalue weighted by Gasteiger charge is 1.94. The summed E-state index contributed by atoms with van der Waals surface area (Å²) in [4.78, 5) is 21.6. The number of nitrogens with one attached hydrogen (secondary N) is 2. The molecule has 0 saturated carbocycles. The molecule has 0 aliphatic carbocycles. The monoisotopic (exact) mass is 230 g/mol. The molecular formula is C11H22N2O3. The maximum atomic E-state index is 10.1. The van der Waals surface area contributed by atoms with Crippen LogP contribution in [0.4, 0.5) is 0 Å². The first kappa shape index (κ1) is 17.0. The Balaban J connectivity index is 0. The van der Waals surface area contributed by atoms with E-state index >= 15 is 0 Å². The molecule has 0 spiro atoms. The van der Waals surface area contributed by atoms with E-state index in [4.69, 9.17) is 0 Å². The first-order valence-corrected chi connectivity index (χ1v) is 5.40. The molecule has 0 atom stereocenters. The topological polar surface area (TPSA) is 73.7 Å². The maximum Gasteiger partial charge on any atom is 0.221 e. The van der Waals surface area contributed by atoms with Crippen LogP contribution >= 0.6 is 0 Å². The normalized spacial score (nSPS) is 9.06. The van der Waals surface area contributed by atoms with Gasteiger partial charge < -0.3 is 20.1 Å². The largest absolute Gasteiger partial charge is 0.543 e. The van der Waals surface area contributed by atoms with Crippen molar-refractivity contribution in [2.75, 3.05) is 19.6 Å². The predicted octanol–water partition coefficient (Wildman–Crippen LogP) is -1.68. The fourth-order valence-electron chi connectivity index (χ4n) is 1.01. The Morgan fingerprint density at radius 3 is 1.62 bits per heavy atom. The molecule has 5 heteroatoms. The quantitative estimate of drug-likeness (QED) is 0.554. The Morgan fingerprint density at radius 1 is 1.19 bits per heavy atom. The molecule has 0 saturated heterocycles.